The van der Waals surface area contributed by atoms with Crippen LogP contribution in [0.2, 0.25) is 0 Å². The molecule has 0 N–H and O–H groups in total. The minimum atomic E-state index is -0.216. The normalized spacial score (nSPS) is 12.8. The summed E-state index contributed by atoms with van der Waals surface area (Å²) in [5.41, 5.74) is 2.15. The standard InChI is InChI=1S/C29H18N2O2S/c32-28-23-9-3-4-10-24(23)29(33)25(28)18-22-14-15-27(34-22)31(26-11-5-6-16-30-26)21-13-12-19-7-1-2-8-20(19)17-21/h1-18H. The molecule has 6 rings (SSSR count). The average Bonchev–Trinajstić information content (AvgIpc) is 3.44. The fourth-order valence-electron chi connectivity index (χ4n) is 4.26. The smallest absolute Gasteiger partial charge is 0.197 e. The Hall–Kier alpha value is -4.35. The molecule has 2 aromatic heterocycles. The summed E-state index contributed by atoms with van der Waals surface area (Å²) in [5, 5.41) is 3.25. The van der Waals surface area contributed by atoms with E-state index < -0.39 is 0 Å². The van der Waals surface area contributed by atoms with Crippen LogP contribution in [0.5, 0.6) is 0 Å². The first-order chi connectivity index (χ1) is 16.7. The van der Waals surface area contributed by atoms with Gasteiger partial charge in [0.15, 0.2) is 11.6 Å². The monoisotopic (exact) mass is 458 g/mol. The van der Waals surface area contributed by atoms with Crippen LogP contribution in [0.3, 0.4) is 0 Å². The van der Waals surface area contributed by atoms with E-state index in [1.165, 1.54) is 16.7 Å². The first kappa shape index (κ1) is 20.3. The second-order valence-corrected chi connectivity index (χ2v) is 9.09. The fraction of sp³-hybridized carbons (Fsp3) is 0. The third-order valence-corrected chi connectivity index (χ3v) is 6.91. The molecule has 0 saturated heterocycles. The van der Waals surface area contributed by atoms with Gasteiger partial charge >= 0.3 is 0 Å². The zero-order valence-electron chi connectivity index (χ0n) is 18.0. The van der Waals surface area contributed by atoms with Gasteiger partial charge in [-0.1, -0.05) is 60.7 Å². The number of carbonyl (C=O) groups is 2. The Morgan fingerprint density at radius 2 is 1.41 bits per heavy atom. The highest BCUT2D eigenvalue weighted by molar-refractivity contribution is 7.17. The Kier molecular flexibility index (Phi) is 4.90. The van der Waals surface area contributed by atoms with Crippen molar-refractivity contribution in [2.24, 2.45) is 0 Å². The summed E-state index contributed by atoms with van der Waals surface area (Å²) in [6.45, 7) is 0. The molecule has 5 heteroatoms. The molecule has 3 aromatic carbocycles. The number of thiophene rings is 1. The maximum atomic E-state index is 12.8. The van der Waals surface area contributed by atoms with Crippen LogP contribution in [0.15, 0.2) is 109 Å². The zero-order valence-corrected chi connectivity index (χ0v) is 18.8. The summed E-state index contributed by atoms with van der Waals surface area (Å²) >= 11 is 1.51. The number of nitrogens with zero attached hydrogens (tertiary/aromatic N) is 2. The predicted octanol–water partition coefficient (Wildman–Crippen LogP) is 7.23. The Bertz CT molecular complexity index is 1560. The number of hydrogen-bond acceptors (Lipinski definition) is 5. The number of fused-ring (bicyclic) bond motifs is 2. The average molecular weight is 459 g/mol. The van der Waals surface area contributed by atoms with E-state index >= 15 is 0 Å². The molecule has 0 spiro atoms. The van der Waals surface area contributed by atoms with Crippen LogP contribution in [0, 0.1) is 0 Å². The van der Waals surface area contributed by atoms with Crippen molar-refractivity contribution in [3.05, 3.63) is 125 Å². The number of rotatable bonds is 4. The Labute approximate surface area is 200 Å². The molecule has 0 unspecified atom stereocenters. The predicted molar refractivity (Wildman–Crippen MR) is 137 cm³/mol. The van der Waals surface area contributed by atoms with E-state index in [1.54, 1.807) is 36.5 Å². The molecule has 162 valence electrons. The van der Waals surface area contributed by atoms with Crippen LogP contribution in [-0.2, 0) is 0 Å². The quantitative estimate of drug-likeness (QED) is 0.211. The second kappa shape index (κ2) is 8.21. The topological polar surface area (TPSA) is 50.3 Å². The molecule has 4 nitrogen and oxygen atoms in total. The van der Waals surface area contributed by atoms with Crippen LogP contribution in [0.4, 0.5) is 16.5 Å². The third kappa shape index (κ3) is 3.43. The van der Waals surface area contributed by atoms with Crippen molar-refractivity contribution in [2.45, 2.75) is 0 Å². The first-order valence-corrected chi connectivity index (χ1v) is 11.7. The van der Waals surface area contributed by atoms with Crippen molar-refractivity contribution in [2.75, 3.05) is 4.90 Å². The summed E-state index contributed by atoms with van der Waals surface area (Å²) in [4.78, 5) is 33.1. The molecule has 34 heavy (non-hydrogen) atoms. The van der Waals surface area contributed by atoms with Crippen molar-refractivity contribution >= 4 is 56.3 Å². The molecule has 0 amide bonds. The minimum absolute atomic E-state index is 0.213. The SMILES string of the molecule is O=C1C(=Cc2ccc(N(c3ccc4ccccc4c3)c3ccccn3)s2)C(=O)c2ccccc21. The number of allylic oxidation sites excluding steroid dienone is 1. The van der Waals surface area contributed by atoms with Gasteiger partial charge in [0.1, 0.15) is 10.8 Å². The maximum Gasteiger partial charge on any atom is 0.197 e. The molecule has 2 heterocycles. The summed E-state index contributed by atoms with van der Waals surface area (Å²) < 4.78 is 0. The van der Waals surface area contributed by atoms with Gasteiger partial charge in [0.2, 0.25) is 0 Å². The van der Waals surface area contributed by atoms with E-state index in [4.69, 9.17) is 0 Å². The lowest BCUT2D eigenvalue weighted by Crippen LogP contribution is -2.09. The van der Waals surface area contributed by atoms with Crippen molar-refractivity contribution in [1.29, 1.82) is 0 Å². The van der Waals surface area contributed by atoms with Crippen molar-refractivity contribution in [3.8, 4) is 0 Å². The molecule has 0 fully saturated rings. The van der Waals surface area contributed by atoms with Gasteiger partial charge < -0.3 is 0 Å². The lowest BCUT2D eigenvalue weighted by atomic mass is 10.1. The van der Waals surface area contributed by atoms with Crippen molar-refractivity contribution < 1.29 is 9.59 Å². The highest BCUT2D eigenvalue weighted by Crippen LogP contribution is 2.40. The van der Waals surface area contributed by atoms with Crippen LogP contribution in [0.25, 0.3) is 16.8 Å². The molecule has 1 aliphatic rings. The van der Waals surface area contributed by atoms with Gasteiger partial charge in [0.05, 0.1) is 5.57 Å². The second-order valence-electron chi connectivity index (χ2n) is 7.99. The van der Waals surface area contributed by atoms with E-state index in [0.29, 0.717) is 11.1 Å². The zero-order chi connectivity index (χ0) is 23.1. The molecule has 0 bridgehead atoms. The van der Waals surface area contributed by atoms with Crippen LogP contribution in [0.1, 0.15) is 25.6 Å². The van der Waals surface area contributed by atoms with Gasteiger partial charge in [0, 0.05) is 27.9 Å². The van der Waals surface area contributed by atoms with E-state index in [-0.39, 0.29) is 17.1 Å². The molecule has 0 saturated carbocycles. The first-order valence-electron chi connectivity index (χ1n) is 10.9. The number of anilines is 3. The maximum absolute atomic E-state index is 12.8. The highest BCUT2D eigenvalue weighted by atomic mass is 32.1. The number of aromatic nitrogens is 1. The van der Waals surface area contributed by atoms with Crippen molar-refractivity contribution in [3.63, 3.8) is 0 Å². The summed E-state index contributed by atoms with van der Waals surface area (Å²) in [7, 11) is 0. The summed E-state index contributed by atoms with van der Waals surface area (Å²) in [5.74, 6) is 0.359. The molecule has 0 atom stereocenters. The number of Topliss-reactive ketones (excluding diaryl/α,β-unsaturated/α-hetero) is 2. The van der Waals surface area contributed by atoms with Crippen LogP contribution >= 0.6 is 11.3 Å². The van der Waals surface area contributed by atoms with E-state index in [2.05, 4.69) is 40.2 Å². The summed E-state index contributed by atoms with van der Waals surface area (Å²) in [6.07, 6.45) is 3.47. The fourth-order valence-corrected chi connectivity index (χ4v) is 5.24. The molecule has 0 radical (unpaired) electrons. The van der Waals surface area contributed by atoms with Gasteiger partial charge in [-0.15, -0.1) is 11.3 Å². The van der Waals surface area contributed by atoms with E-state index in [1.807, 2.05) is 42.5 Å². The van der Waals surface area contributed by atoms with Gasteiger partial charge in [-0.05, 0) is 53.2 Å². The molecule has 5 aromatic rings. The van der Waals surface area contributed by atoms with Gasteiger partial charge in [-0.2, -0.15) is 0 Å². The van der Waals surface area contributed by atoms with Gasteiger partial charge in [-0.3, -0.25) is 14.5 Å². The Morgan fingerprint density at radius 1 is 0.706 bits per heavy atom. The largest absolute Gasteiger partial charge is 0.288 e. The van der Waals surface area contributed by atoms with Gasteiger partial charge in [0.25, 0.3) is 0 Å². The minimum Gasteiger partial charge on any atom is -0.288 e. The van der Waals surface area contributed by atoms with Crippen LogP contribution in [-0.4, -0.2) is 16.6 Å². The lowest BCUT2D eigenvalue weighted by molar-refractivity contribution is 0.0990. The third-order valence-electron chi connectivity index (χ3n) is 5.89. The number of benzene rings is 3. The number of hydrogen-bond donors (Lipinski definition) is 0. The number of ketones is 2. The molecule has 0 aliphatic heterocycles. The van der Waals surface area contributed by atoms with Gasteiger partial charge in [-0.25, -0.2) is 4.98 Å². The lowest BCUT2D eigenvalue weighted by Gasteiger charge is -2.22. The van der Waals surface area contributed by atoms with E-state index in [9.17, 15) is 9.59 Å². The molecule has 1 aliphatic carbocycles. The molecular formula is C29H18N2O2S. The Balaban J connectivity index is 1.42. The highest BCUT2D eigenvalue weighted by Gasteiger charge is 2.32. The van der Waals surface area contributed by atoms with Crippen LogP contribution < -0.4 is 4.90 Å². The number of pyridine rings is 1. The number of carbonyl (C=O) groups excluding carboxylic acids is 2. The molecular weight excluding hydrogens is 440 g/mol. The summed E-state index contributed by atoms with van der Waals surface area (Å²) in [6, 6.07) is 31.3. The van der Waals surface area contributed by atoms with E-state index in [0.717, 1.165) is 26.8 Å². The Morgan fingerprint density at radius 3 is 2.15 bits per heavy atom. The van der Waals surface area contributed by atoms with Crippen molar-refractivity contribution in [1.82, 2.24) is 4.98 Å².